The highest BCUT2D eigenvalue weighted by molar-refractivity contribution is 7.99. The van der Waals surface area contributed by atoms with Crippen LogP contribution in [0.3, 0.4) is 0 Å². The molecule has 10 heteroatoms. The van der Waals surface area contributed by atoms with Crippen LogP contribution >= 0.6 is 23.4 Å². The molecule has 0 atom stereocenters. The minimum absolute atomic E-state index is 0.115. The first kappa shape index (κ1) is 13.1. The molecule has 3 heterocycles. The van der Waals surface area contributed by atoms with Crippen molar-refractivity contribution in [3.05, 3.63) is 22.0 Å². The number of nitrogens with zero attached hydrogens (tertiary/aromatic N) is 5. The zero-order chi connectivity index (χ0) is 14.1. The molecule has 20 heavy (non-hydrogen) atoms. The number of nitrogens with one attached hydrogen (secondary N) is 2. The molecule has 3 aromatic rings. The van der Waals surface area contributed by atoms with Crippen molar-refractivity contribution in [2.24, 2.45) is 0 Å². The normalized spacial score (nSPS) is 11.3. The molecule has 0 saturated heterocycles. The van der Waals surface area contributed by atoms with Gasteiger partial charge >= 0.3 is 5.69 Å². The molecule has 0 spiro atoms. The van der Waals surface area contributed by atoms with Crippen LogP contribution in [0.2, 0.25) is 5.28 Å². The van der Waals surface area contributed by atoms with E-state index in [4.69, 9.17) is 11.6 Å². The highest BCUT2D eigenvalue weighted by Gasteiger charge is 2.15. The smallest absolute Gasteiger partial charge is 0.270 e. The summed E-state index contributed by atoms with van der Waals surface area (Å²) < 4.78 is 1.56. The quantitative estimate of drug-likeness (QED) is 0.558. The molecular formula is C10H10ClN7OS. The molecule has 104 valence electrons. The Hall–Kier alpha value is -1.87. The Kier molecular flexibility index (Phi) is 3.45. The summed E-state index contributed by atoms with van der Waals surface area (Å²) in [4.78, 5) is 19.9. The molecule has 0 fully saturated rings. The van der Waals surface area contributed by atoms with E-state index in [1.807, 2.05) is 6.92 Å². The van der Waals surface area contributed by atoms with Crippen molar-refractivity contribution in [3.8, 4) is 0 Å². The number of fused-ring (bicyclic) bond motifs is 1. The van der Waals surface area contributed by atoms with E-state index in [2.05, 4.69) is 30.4 Å². The maximum absolute atomic E-state index is 11.7. The number of rotatable bonds is 4. The summed E-state index contributed by atoms with van der Waals surface area (Å²) in [6.45, 7) is 2.58. The molecule has 0 amide bonds. The van der Waals surface area contributed by atoms with E-state index in [1.54, 1.807) is 10.8 Å². The van der Waals surface area contributed by atoms with E-state index in [-0.39, 0.29) is 11.0 Å². The fourth-order valence-corrected chi connectivity index (χ4v) is 2.91. The number of hydrogen-bond acceptors (Lipinski definition) is 6. The lowest BCUT2D eigenvalue weighted by molar-refractivity contribution is 0.603. The van der Waals surface area contributed by atoms with Crippen LogP contribution in [0.15, 0.2) is 21.2 Å². The van der Waals surface area contributed by atoms with E-state index in [9.17, 15) is 4.79 Å². The van der Waals surface area contributed by atoms with Gasteiger partial charge in [0.05, 0.1) is 11.6 Å². The SMILES string of the molecule is CCCn1c(Sc2nc(Cl)nc3[nH]ncc23)n[nH]c1=O. The van der Waals surface area contributed by atoms with Gasteiger partial charge in [0.15, 0.2) is 10.8 Å². The van der Waals surface area contributed by atoms with Crippen LogP contribution in [0, 0.1) is 0 Å². The van der Waals surface area contributed by atoms with Crippen molar-refractivity contribution in [2.45, 2.75) is 30.1 Å². The molecule has 0 aromatic carbocycles. The first-order chi connectivity index (χ1) is 9.69. The van der Waals surface area contributed by atoms with Crippen LogP contribution in [0.25, 0.3) is 11.0 Å². The van der Waals surface area contributed by atoms with Gasteiger partial charge in [-0.2, -0.15) is 10.1 Å². The predicted octanol–water partition coefficient (Wildman–Crippen LogP) is 1.45. The van der Waals surface area contributed by atoms with Crippen molar-refractivity contribution < 1.29 is 0 Å². The van der Waals surface area contributed by atoms with Crippen molar-refractivity contribution in [3.63, 3.8) is 0 Å². The number of aromatic nitrogens is 7. The summed E-state index contributed by atoms with van der Waals surface area (Å²) in [5.41, 5.74) is 0.311. The van der Waals surface area contributed by atoms with Crippen LogP contribution in [0.4, 0.5) is 0 Å². The number of aromatic amines is 2. The largest absolute Gasteiger partial charge is 0.343 e. The van der Waals surface area contributed by atoms with Crippen molar-refractivity contribution in [1.29, 1.82) is 0 Å². The molecule has 8 nitrogen and oxygen atoms in total. The zero-order valence-electron chi connectivity index (χ0n) is 10.4. The molecule has 0 saturated carbocycles. The molecule has 0 bridgehead atoms. The molecule has 2 N–H and O–H groups in total. The van der Waals surface area contributed by atoms with Gasteiger partial charge in [0, 0.05) is 6.54 Å². The van der Waals surface area contributed by atoms with Crippen molar-refractivity contribution >= 4 is 34.4 Å². The van der Waals surface area contributed by atoms with Gasteiger partial charge in [0.2, 0.25) is 5.28 Å². The van der Waals surface area contributed by atoms with Crippen molar-refractivity contribution in [2.75, 3.05) is 0 Å². The third kappa shape index (κ3) is 2.29. The molecule has 0 aliphatic rings. The van der Waals surface area contributed by atoms with Crippen LogP contribution in [-0.2, 0) is 6.54 Å². The Morgan fingerprint density at radius 2 is 2.25 bits per heavy atom. The second-order valence-corrected chi connectivity index (χ2v) is 5.29. The fraction of sp³-hybridized carbons (Fsp3) is 0.300. The topological polar surface area (TPSA) is 105 Å². The van der Waals surface area contributed by atoms with Crippen LogP contribution in [-0.4, -0.2) is 34.9 Å². The Morgan fingerprint density at radius 1 is 1.40 bits per heavy atom. The van der Waals surface area contributed by atoms with Gasteiger partial charge in [-0.05, 0) is 29.8 Å². The van der Waals surface area contributed by atoms with E-state index in [1.165, 1.54) is 11.8 Å². The Morgan fingerprint density at radius 3 is 3.05 bits per heavy atom. The summed E-state index contributed by atoms with van der Waals surface area (Å²) in [7, 11) is 0. The third-order valence-corrected chi connectivity index (χ3v) is 3.77. The number of hydrogen-bond donors (Lipinski definition) is 2. The van der Waals surface area contributed by atoms with E-state index < -0.39 is 0 Å². The lowest BCUT2D eigenvalue weighted by Crippen LogP contribution is -2.17. The molecule has 0 aliphatic carbocycles. The van der Waals surface area contributed by atoms with E-state index in [0.29, 0.717) is 22.4 Å². The molecular weight excluding hydrogens is 302 g/mol. The fourth-order valence-electron chi connectivity index (χ4n) is 1.75. The average Bonchev–Trinajstić information content (AvgIpc) is 3.00. The number of H-pyrrole nitrogens is 2. The zero-order valence-corrected chi connectivity index (χ0v) is 12.0. The third-order valence-electron chi connectivity index (χ3n) is 2.61. The first-order valence-corrected chi connectivity index (χ1v) is 7.08. The standard InChI is InChI=1S/C10H10ClN7OS/c1-2-3-18-9(19)16-17-10(18)20-7-5-4-12-15-6(5)13-8(11)14-7/h4H,2-3H2,1H3,(H,16,19)(H,12,13,14,15). The van der Waals surface area contributed by atoms with Gasteiger partial charge in [0.25, 0.3) is 0 Å². The summed E-state index contributed by atoms with van der Waals surface area (Å²) in [5, 5.41) is 15.1. The Labute approximate surface area is 122 Å². The molecule has 0 aliphatic heterocycles. The monoisotopic (exact) mass is 311 g/mol. The second-order valence-electron chi connectivity index (χ2n) is 4.00. The Bertz CT molecular complexity index is 807. The molecule has 0 radical (unpaired) electrons. The van der Waals surface area contributed by atoms with Gasteiger partial charge < -0.3 is 0 Å². The lowest BCUT2D eigenvalue weighted by atomic mass is 10.4. The summed E-state index contributed by atoms with van der Waals surface area (Å²) in [6, 6.07) is 0. The highest BCUT2D eigenvalue weighted by atomic mass is 35.5. The van der Waals surface area contributed by atoms with Gasteiger partial charge in [0.1, 0.15) is 5.03 Å². The molecule has 3 rings (SSSR count). The Balaban J connectivity index is 2.05. The van der Waals surface area contributed by atoms with Gasteiger partial charge in [-0.3, -0.25) is 9.67 Å². The maximum atomic E-state index is 11.7. The van der Waals surface area contributed by atoms with Crippen LogP contribution in [0.5, 0.6) is 0 Å². The minimum atomic E-state index is -0.238. The van der Waals surface area contributed by atoms with Gasteiger partial charge in [-0.15, -0.1) is 5.10 Å². The lowest BCUT2D eigenvalue weighted by Gasteiger charge is -2.03. The van der Waals surface area contributed by atoms with E-state index in [0.717, 1.165) is 11.8 Å². The van der Waals surface area contributed by atoms with E-state index >= 15 is 0 Å². The summed E-state index contributed by atoms with van der Waals surface area (Å²) >= 11 is 7.12. The molecule has 0 unspecified atom stereocenters. The summed E-state index contributed by atoms with van der Waals surface area (Å²) in [6.07, 6.45) is 2.45. The highest BCUT2D eigenvalue weighted by Crippen LogP contribution is 2.29. The summed E-state index contributed by atoms with van der Waals surface area (Å²) in [5.74, 6) is 0. The van der Waals surface area contributed by atoms with Crippen LogP contribution < -0.4 is 5.69 Å². The van der Waals surface area contributed by atoms with Gasteiger partial charge in [-0.25, -0.2) is 14.9 Å². The van der Waals surface area contributed by atoms with Crippen LogP contribution in [0.1, 0.15) is 13.3 Å². The first-order valence-electron chi connectivity index (χ1n) is 5.88. The molecule has 3 aromatic heterocycles. The predicted molar refractivity (Wildman–Crippen MR) is 74.0 cm³/mol. The minimum Gasteiger partial charge on any atom is -0.270 e. The van der Waals surface area contributed by atoms with Gasteiger partial charge in [-0.1, -0.05) is 6.92 Å². The second kappa shape index (κ2) is 5.25. The average molecular weight is 312 g/mol. The van der Waals surface area contributed by atoms with Crippen molar-refractivity contribution in [1.82, 2.24) is 34.9 Å². The maximum Gasteiger partial charge on any atom is 0.343 e. The number of halogens is 1.